The van der Waals surface area contributed by atoms with Crippen molar-refractivity contribution in [2.45, 2.75) is 6.92 Å². The summed E-state index contributed by atoms with van der Waals surface area (Å²) in [7, 11) is -3.56. The van der Waals surface area contributed by atoms with Gasteiger partial charge in [0.1, 0.15) is 5.69 Å². The number of sulfonamides is 1. The number of carbonyl (C=O) groups is 1. The zero-order valence-corrected chi connectivity index (χ0v) is 10.8. The van der Waals surface area contributed by atoms with Gasteiger partial charge in [-0.05, 0) is 19.1 Å². The van der Waals surface area contributed by atoms with Crippen molar-refractivity contribution in [3.63, 3.8) is 0 Å². The van der Waals surface area contributed by atoms with Crippen LogP contribution in [0.5, 0.6) is 0 Å². The number of pyridine rings is 1. The van der Waals surface area contributed by atoms with Crippen molar-refractivity contribution >= 4 is 21.6 Å². The maximum atomic E-state index is 11.6. The molecule has 18 heavy (non-hydrogen) atoms. The molecular formula is C10H16N4O3S. The number of rotatable bonds is 6. The lowest BCUT2D eigenvalue weighted by Gasteiger charge is -2.05. The zero-order chi connectivity index (χ0) is 13.6. The minimum absolute atomic E-state index is 0.0334. The van der Waals surface area contributed by atoms with E-state index in [1.807, 2.05) is 6.92 Å². The van der Waals surface area contributed by atoms with Gasteiger partial charge in [0.05, 0.1) is 17.6 Å². The molecule has 0 saturated heterocycles. The quantitative estimate of drug-likeness (QED) is 0.648. The molecule has 8 heteroatoms. The van der Waals surface area contributed by atoms with Gasteiger partial charge in [-0.25, -0.2) is 18.5 Å². The molecule has 0 saturated carbocycles. The van der Waals surface area contributed by atoms with E-state index in [4.69, 9.17) is 5.14 Å². The smallest absolute Gasteiger partial charge is 0.269 e. The molecule has 0 aliphatic heterocycles. The maximum Gasteiger partial charge on any atom is 0.269 e. The Bertz CT molecular complexity index is 498. The van der Waals surface area contributed by atoms with Crippen LogP contribution in [0.15, 0.2) is 18.3 Å². The number of hydrogen-bond acceptors (Lipinski definition) is 5. The van der Waals surface area contributed by atoms with E-state index < -0.39 is 15.9 Å². The third-order valence-electron chi connectivity index (χ3n) is 2.05. The minimum Gasteiger partial charge on any atom is -0.384 e. The molecule has 0 aromatic carbocycles. The monoisotopic (exact) mass is 272 g/mol. The zero-order valence-electron chi connectivity index (χ0n) is 10.0. The second kappa shape index (κ2) is 6.31. The van der Waals surface area contributed by atoms with Crippen molar-refractivity contribution in [1.82, 2.24) is 10.3 Å². The molecule has 4 N–H and O–H groups in total. The normalized spacial score (nSPS) is 11.0. The van der Waals surface area contributed by atoms with Gasteiger partial charge in [-0.2, -0.15) is 0 Å². The highest BCUT2D eigenvalue weighted by atomic mass is 32.2. The Labute approximate surface area is 106 Å². The first-order valence-electron chi connectivity index (χ1n) is 5.41. The van der Waals surface area contributed by atoms with E-state index in [-0.39, 0.29) is 18.0 Å². The summed E-state index contributed by atoms with van der Waals surface area (Å²) >= 11 is 0. The van der Waals surface area contributed by atoms with Gasteiger partial charge in [0.25, 0.3) is 5.91 Å². The molecule has 0 fully saturated rings. The second-order valence-corrected chi connectivity index (χ2v) is 5.32. The van der Waals surface area contributed by atoms with Crippen molar-refractivity contribution < 1.29 is 13.2 Å². The van der Waals surface area contributed by atoms with Crippen LogP contribution < -0.4 is 15.8 Å². The van der Waals surface area contributed by atoms with Gasteiger partial charge >= 0.3 is 0 Å². The van der Waals surface area contributed by atoms with Crippen molar-refractivity contribution in [1.29, 1.82) is 0 Å². The van der Waals surface area contributed by atoms with Crippen LogP contribution in [-0.2, 0) is 10.0 Å². The number of nitrogens with one attached hydrogen (secondary N) is 2. The Morgan fingerprint density at radius 2 is 2.17 bits per heavy atom. The predicted octanol–water partition coefficient (Wildman–Crippen LogP) is -0.468. The Morgan fingerprint density at radius 3 is 2.67 bits per heavy atom. The molecular weight excluding hydrogens is 256 g/mol. The van der Waals surface area contributed by atoms with Gasteiger partial charge in [0, 0.05) is 13.1 Å². The van der Waals surface area contributed by atoms with Crippen LogP contribution in [0.3, 0.4) is 0 Å². The third kappa shape index (κ3) is 5.11. The van der Waals surface area contributed by atoms with Crippen LogP contribution in [0.25, 0.3) is 0 Å². The fourth-order valence-electron chi connectivity index (χ4n) is 1.23. The molecule has 1 aromatic rings. The fraction of sp³-hybridized carbons (Fsp3) is 0.400. The largest absolute Gasteiger partial charge is 0.384 e. The van der Waals surface area contributed by atoms with Crippen LogP contribution >= 0.6 is 0 Å². The van der Waals surface area contributed by atoms with Crippen LogP contribution in [0.4, 0.5) is 5.69 Å². The molecule has 0 bridgehead atoms. The van der Waals surface area contributed by atoms with Gasteiger partial charge < -0.3 is 10.6 Å². The molecule has 0 spiro atoms. The van der Waals surface area contributed by atoms with E-state index in [1.165, 1.54) is 6.20 Å². The summed E-state index contributed by atoms with van der Waals surface area (Å²) in [4.78, 5) is 15.5. The molecule has 1 heterocycles. The lowest BCUT2D eigenvalue weighted by molar-refractivity contribution is 0.0951. The lowest BCUT2D eigenvalue weighted by atomic mass is 10.3. The first-order chi connectivity index (χ1) is 8.42. The van der Waals surface area contributed by atoms with Crippen LogP contribution in [0, 0.1) is 0 Å². The maximum absolute atomic E-state index is 11.6. The summed E-state index contributed by atoms with van der Waals surface area (Å²) in [6, 6.07) is 3.29. The molecule has 1 aromatic heterocycles. The van der Waals surface area contributed by atoms with E-state index >= 15 is 0 Å². The average Bonchev–Trinajstić information content (AvgIpc) is 2.28. The van der Waals surface area contributed by atoms with Crippen LogP contribution in [0.2, 0.25) is 0 Å². The van der Waals surface area contributed by atoms with Crippen molar-refractivity contribution in [2.75, 3.05) is 24.2 Å². The third-order valence-corrected chi connectivity index (χ3v) is 2.82. The highest BCUT2D eigenvalue weighted by Crippen LogP contribution is 2.05. The minimum atomic E-state index is -3.56. The number of anilines is 1. The van der Waals surface area contributed by atoms with Crippen LogP contribution in [-0.4, -0.2) is 38.2 Å². The number of primary sulfonamides is 1. The first kappa shape index (κ1) is 14.4. The number of nitrogens with zero attached hydrogens (tertiary/aromatic N) is 1. The summed E-state index contributed by atoms with van der Waals surface area (Å²) in [5.74, 6) is -0.726. The highest BCUT2D eigenvalue weighted by Gasteiger charge is 2.08. The lowest BCUT2D eigenvalue weighted by Crippen LogP contribution is -2.31. The van der Waals surface area contributed by atoms with E-state index in [9.17, 15) is 13.2 Å². The molecule has 0 radical (unpaired) electrons. The summed E-state index contributed by atoms with van der Waals surface area (Å²) in [6.07, 6.45) is 1.54. The number of nitrogens with two attached hydrogens (primary N) is 1. The molecule has 0 atom stereocenters. The SMILES string of the molecule is CCNc1ccc(C(=O)NCCS(N)(=O)=O)nc1. The highest BCUT2D eigenvalue weighted by molar-refractivity contribution is 7.89. The Morgan fingerprint density at radius 1 is 1.44 bits per heavy atom. The number of hydrogen-bond donors (Lipinski definition) is 3. The fourth-order valence-corrected chi connectivity index (χ4v) is 1.62. The van der Waals surface area contributed by atoms with Gasteiger partial charge in [0.15, 0.2) is 0 Å². The van der Waals surface area contributed by atoms with Crippen LogP contribution in [0.1, 0.15) is 17.4 Å². The molecule has 0 aliphatic rings. The molecule has 100 valence electrons. The summed E-state index contributed by atoms with van der Waals surface area (Å²) in [5, 5.41) is 10.3. The molecule has 0 unspecified atom stereocenters. The molecule has 1 amide bonds. The van der Waals surface area contributed by atoms with E-state index in [2.05, 4.69) is 15.6 Å². The Balaban J connectivity index is 2.51. The Kier molecular flexibility index (Phi) is 5.05. The summed E-state index contributed by atoms with van der Waals surface area (Å²) in [5.41, 5.74) is 1.05. The second-order valence-electron chi connectivity index (χ2n) is 3.59. The summed E-state index contributed by atoms with van der Waals surface area (Å²) in [6.45, 7) is 2.68. The molecule has 0 aliphatic carbocycles. The van der Waals surface area contributed by atoms with E-state index in [1.54, 1.807) is 12.1 Å². The average molecular weight is 272 g/mol. The predicted molar refractivity (Wildman–Crippen MR) is 68.7 cm³/mol. The van der Waals surface area contributed by atoms with Crippen molar-refractivity contribution in [2.24, 2.45) is 5.14 Å². The standard InChI is InChI=1S/C10H16N4O3S/c1-2-12-8-3-4-9(14-7-8)10(15)13-5-6-18(11,16)17/h3-4,7,12H,2,5-6H2,1H3,(H,13,15)(H2,11,16,17). The summed E-state index contributed by atoms with van der Waals surface area (Å²) < 4.78 is 21.3. The first-order valence-corrected chi connectivity index (χ1v) is 7.12. The van der Waals surface area contributed by atoms with Crippen molar-refractivity contribution in [3.8, 4) is 0 Å². The number of amides is 1. The van der Waals surface area contributed by atoms with Crippen molar-refractivity contribution in [3.05, 3.63) is 24.0 Å². The van der Waals surface area contributed by atoms with Gasteiger partial charge in [-0.1, -0.05) is 0 Å². The van der Waals surface area contributed by atoms with Gasteiger partial charge in [-0.15, -0.1) is 0 Å². The van der Waals surface area contributed by atoms with E-state index in [0.717, 1.165) is 12.2 Å². The number of aromatic nitrogens is 1. The van der Waals surface area contributed by atoms with E-state index in [0.29, 0.717) is 0 Å². The molecule has 1 rings (SSSR count). The topological polar surface area (TPSA) is 114 Å². The number of carbonyl (C=O) groups excluding carboxylic acids is 1. The van der Waals surface area contributed by atoms with Gasteiger partial charge in [-0.3, -0.25) is 4.79 Å². The Hall–Kier alpha value is -1.67. The molecule has 7 nitrogen and oxygen atoms in total. The van der Waals surface area contributed by atoms with Gasteiger partial charge in [0.2, 0.25) is 10.0 Å².